The van der Waals surface area contributed by atoms with Gasteiger partial charge in [-0.05, 0) is 17.7 Å². The van der Waals surface area contributed by atoms with Crippen LogP contribution in [-0.4, -0.2) is 24.7 Å². The highest BCUT2D eigenvalue weighted by atomic mass is 32.2. The summed E-state index contributed by atoms with van der Waals surface area (Å²) in [5, 5.41) is 6.92. The van der Waals surface area contributed by atoms with E-state index < -0.39 is 49.7 Å². The van der Waals surface area contributed by atoms with Gasteiger partial charge in [0, 0.05) is 6.42 Å². The van der Waals surface area contributed by atoms with E-state index >= 15 is 0 Å². The summed E-state index contributed by atoms with van der Waals surface area (Å²) in [7, 11) is -4.23. The van der Waals surface area contributed by atoms with E-state index in [9.17, 15) is 26.4 Å². The van der Waals surface area contributed by atoms with Crippen LogP contribution in [0.1, 0.15) is 11.1 Å². The highest BCUT2D eigenvalue weighted by Gasteiger charge is 2.46. The predicted molar refractivity (Wildman–Crippen MR) is 53.8 cm³/mol. The molecule has 0 radical (unpaired) electrons. The van der Waals surface area contributed by atoms with Crippen molar-refractivity contribution in [3.8, 4) is 0 Å². The number of aliphatic carboxylic acids is 1. The van der Waals surface area contributed by atoms with Crippen molar-refractivity contribution in [2.45, 2.75) is 22.7 Å². The standard InChI is InChI=1S/C10H7F3O4S/c11-10(12,13)6-2-1-3-7-5(6)4-8(9(14)15)18(7,16)17/h1-3,8H,4H2,(H,14,15). The highest BCUT2D eigenvalue weighted by Crippen LogP contribution is 2.40. The zero-order valence-corrected chi connectivity index (χ0v) is 9.55. The second kappa shape index (κ2) is 3.71. The summed E-state index contributed by atoms with van der Waals surface area (Å²) in [4.78, 5) is 10.2. The Bertz CT molecular complexity index is 619. The molecule has 0 bridgehead atoms. The highest BCUT2D eigenvalue weighted by molar-refractivity contribution is 7.93. The van der Waals surface area contributed by atoms with Gasteiger partial charge in [-0.1, -0.05) is 6.07 Å². The van der Waals surface area contributed by atoms with E-state index in [0.29, 0.717) is 0 Å². The van der Waals surface area contributed by atoms with Crippen LogP contribution in [0.25, 0.3) is 0 Å². The lowest BCUT2D eigenvalue weighted by Gasteiger charge is -2.10. The lowest BCUT2D eigenvalue weighted by molar-refractivity contribution is -0.139. The van der Waals surface area contributed by atoms with Gasteiger partial charge in [0.2, 0.25) is 0 Å². The molecule has 2 rings (SSSR count). The molecule has 0 aliphatic carbocycles. The van der Waals surface area contributed by atoms with Crippen molar-refractivity contribution in [1.29, 1.82) is 0 Å². The summed E-state index contributed by atoms with van der Waals surface area (Å²) in [6, 6.07) is 2.71. The number of hydrogen-bond acceptors (Lipinski definition) is 3. The smallest absolute Gasteiger partial charge is 0.416 e. The zero-order valence-electron chi connectivity index (χ0n) is 8.73. The minimum Gasteiger partial charge on any atom is -0.480 e. The lowest BCUT2D eigenvalue weighted by atomic mass is 10.0. The number of carboxylic acid groups (broad SMARTS) is 1. The Kier molecular flexibility index (Phi) is 2.65. The molecule has 0 amide bonds. The molecule has 0 fully saturated rings. The van der Waals surface area contributed by atoms with Gasteiger partial charge in [-0.25, -0.2) is 8.42 Å². The summed E-state index contributed by atoms with van der Waals surface area (Å²) >= 11 is 0. The van der Waals surface area contributed by atoms with Gasteiger partial charge in [0.25, 0.3) is 0 Å². The van der Waals surface area contributed by atoms with Gasteiger partial charge in [0.15, 0.2) is 15.1 Å². The third kappa shape index (κ3) is 1.76. The van der Waals surface area contributed by atoms with Gasteiger partial charge >= 0.3 is 12.1 Å². The molecule has 1 heterocycles. The Hall–Kier alpha value is -1.57. The van der Waals surface area contributed by atoms with Crippen molar-refractivity contribution < 1.29 is 31.5 Å². The lowest BCUT2D eigenvalue weighted by Crippen LogP contribution is -2.26. The SMILES string of the molecule is O=C(O)C1Cc2c(C(F)(F)F)cccc2S1(=O)=O. The molecule has 1 aromatic rings. The van der Waals surface area contributed by atoms with Crippen LogP contribution in [0.3, 0.4) is 0 Å². The number of benzene rings is 1. The molecule has 18 heavy (non-hydrogen) atoms. The fourth-order valence-corrected chi connectivity index (χ4v) is 3.74. The molecule has 8 heteroatoms. The van der Waals surface area contributed by atoms with Gasteiger partial charge in [0.1, 0.15) is 0 Å². The topological polar surface area (TPSA) is 71.4 Å². The van der Waals surface area contributed by atoms with Crippen molar-refractivity contribution in [3.05, 3.63) is 29.3 Å². The molecule has 1 aliphatic heterocycles. The first-order valence-electron chi connectivity index (χ1n) is 4.81. The zero-order chi connectivity index (χ0) is 13.7. The summed E-state index contributed by atoms with van der Waals surface area (Å²) in [6.45, 7) is 0. The van der Waals surface area contributed by atoms with Crippen LogP contribution in [0.15, 0.2) is 23.1 Å². The Balaban J connectivity index is 2.69. The van der Waals surface area contributed by atoms with Crippen LogP contribution in [0, 0.1) is 0 Å². The average molecular weight is 280 g/mol. The summed E-state index contributed by atoms with van der Waals surface area (Å²) in [5.41, 5.74) is -1.55. The molecule has 98 valence electrons. The third-order valence-corrected chi connectivity index (χ3v) is 4.90. The third-order valence-electron chi connectivity index (χ3n) is 2.78. The van der Waals surface area contributed by atoms with Crippen LogP contribution in [0.5, 0.6) is 0 Å². The molecule has 1 aliphatic rings. The summed E-state index contributed by atoms with van der Waals surface area (Å²) in [6.07, 6.45) is -5.35. The van der Waals surface area contributed by atoms with Crippen molar-refractivity contribution in [1.82, 2.24) is 0 Å². The van der Waals surface area contributed by atoms with Crippen molar-refractivity contribution in [3.63, 3.8) is 0 Å². The van der Waals surface area contributed by atoms with Crippen LogP contribution >= 0.6 is 0 Å². The largest absolute Gasteiger partial charge is 0.480 e. The second-order valence-corrected chi connectivity index (χ2v) is 5.95. The van der Waals surface area contributed by atoms with E-state index in [0.717, 1.165) is 18.2 Å². The Morgan fingerprint density at radius 2 is 1.94 bits per heavy atom. The number of hydrogen-bond donors (Lipinski definition) is 1. The van der Waals surface area contributed by atoms with E-state index in [1.807, 2.05) is 0 Å². The molecule has 0 spiro atoms. The molecule has 0 saturated carbocycles. The molecule has 1 N–H and O–H groups in total. The number of alkyl halides is 3. The van der Waals surface area contributed by atoms with Gasteiger partial charge < -0.3 is 5.11 Å². The van der Waals surface area contributed by atoms with Crippen molar-refractivity contribution in [2.24, 2.45) is 0 Å². The Morgan fingerprint density at radius 3 is 2.44 bits per heavy atom. The van der Waals surface area contributed by atoms with Gasteiger partial charge in [-0.2, -0.15) is 13.2 Å². The molecule has 0 aromatic heterocycles. The average Bonchev–Trinajstić information content (AvgIpc) is 2.49. The number of rotatable bonds is 1. The summed E-state index contributed by atoms with van der Waals surface area (Å²) < 4.78 is 61.6. The molecular formula is C10H7F3O4S. The molecular weight excluding hydrogens is 273 g/mol. The number of carboxylic acids is 1. The first kappa shape index (κ1) is 12.9. The number of carbonyl (C=O) groups is 1. The fourth-order valence-electron chi connectivity index (χ4n) is 1.98. The maximum Gasteiger partial charge on any atom is 0.416 e. The van der Waals surface area contributed by atoms with Crippen LogP contribution < -0.4 is 0 Å². The monoisotopic (exact) mass is 280 g/mol. The van der Waals surface area contributed by atoms with Crippen LogP contribution in [0.4, 0.5) is 13.2 Å². The second-order valence-electron chi connectivity index (χ2n) is 3.86. The maximum absolute atomic E-state index is 12.7. The van der Waals surface area contributed by atoms with Crippen LogP contribution in [-0.2, 0) is 27.2 Å². The first-order valence-corrected chi connectivity index (χ1v) is 6.36. The minimum absolute atomic E-state index is 0.461. The maximum atomic E-state index is 12.7. The van der Waals surface area contributed by atoms with Gasteiger partial charge in [-0.3, -0.25) is 4.79 Å². The molecule has 1 atom stereocenters. The van der Waals surface area contributed by atoms with Crippen molar-refractivity contribution in [2.75, 3.05) is 0 Å². The number of fused-ring (bicyclic) bond motifs is 1. The van der Waals surface area contributed by atoms with E-state index in [2.05, 4.69) is 0 Å². The summed E-state index contributed by atoms with van der Waals surface area (Å²) in [5.74, 6) is -1.64. The molecule has 4 nitrogen and oxygen atoms in total. The predicted octanol–water partition coefficient (Wildman–Crippen LogP) is 1.49. The van der Waals surface area contributed by atoms with E-state index in [-0.39, 0.29) is 0 Å². The molecule has 0 saturated heterocycles. The van der Waals surface area contributed by atoms with Crippen molar-refractivity contribution >= 4 is 15.8 Å². The normalized spacial score (nSPS) is 21.6. The first-order chi connectivity index (χ1) is 8.15. The van der Waals surface area contributed by atoms with Crippen LogP contribution in [0.2, 0.25) is 0 Å². The van der Waals surface area contributed by atoms with E-state index in [4.69, 9.17) is 5.11 Å². The number of sulfone groups is 1. The molecule has 1 unspecified atom stereocenters. The van der Waals surface area contributed by atoms with E-state index in [1.165, 1.54) is 0 Å². The van der Waals surface area contributed by atoms with Gasteiger partial charge in [-0.15, -0.1) is 0 Å². The molecule has 1 aromatic carbocycles. The fraction of sp³-hybridized carbons (Fsp3) is 0.300. The van der Waals surface area contributed by atoms with E-state index in [1.54, 1.807) is 0 Å². The number of halogens is 3. The quantitative estimate of drug-likeness (QED) is 0.846. The minimum atomic E-state index is -4.70. The van der Waals surface area contributed by atoms with Gasteiger partial charge in [0.05, 0.1) is 10.5 Å². The Morgan fingerprint density at radius 1 is 1.33 bits per heavy atom. The Labute approximate surface area is 100.0 Å².